The first-order valence-corrected chi connectivity index (χ1v) is 11.3. The molecule has 0 unspecified atom stereocenters. The van der Waals surface area contributed by atoms with E-state index in [4.69, 9.17) is 0 Å². The number of nitrogens with zero attached hydrogens (tertiary/aromatic N) is 3. The minimum atomic E-state index is -3.78. The van der Waals surface area contributed by atoms with Crippen LogP contribution in [0.15, 0.2) is 71.9 Å². The summed E-state index contributed by atoms with van der Waals surface area (Å²) in [5.41, 5.74) is 2.37. The van der Waals surface area contributed by atoms with Crippen LogP contribution in [0.2, 0.25) is 0 Å². The van der Waals surface area contributed by atoms with Crippen molar-refractivity contribution in [1.82, 2.24) is 14.3 Å². The Kier molecular flexibility index (Phi) is 3.54. The highest BCUT2D eigenvalue weighted by molar-refractivity contribution is 7.90. The normalized spacial score (nSPS) is 21.4. The van der Waals surface area contributed by atoms with Gasteiger partial charge in [-0.1, -0.05) is 42.5 Å². The average Bonchev–Trinajstić information content (AvgIpc) is 3.48. The summed E-state index contributed by atoms with van der Waals surface area (Å²) in [5.74, 6) is 0. The van der Waals surface area contributed by atoms with Crippen LogP contribution in [0.1, 0.15) is 6.42 Å². The van der Waals surface area contributed by atoms with Crippen LogP contribution in [-0.2, 0) is 10.0 Å². The smallest absolute Gasteiger partial charge is 0.270 e. The average molecular weight is 404 g/mol. The number of imidazole rings is 1. The van der Waals surface area contributed by atoms with Gasteiger partial charge in [-0.05, 0) is 30.0 Å². The zero-order valence-corrected chi connectivity index (χ0v) is 16.5. The molecule has 1 N–H and O–H groups in total. The van der Waals surface area contributed by atoms with Gasteiger partial charge in [0, 0.05) is 30.6 Å². The number of fused-ring (bicyclic) bond motifs is 4. The van der Waals surface area contributed by atoms with E-state index in [1.807, 2.05) is 48.5 Å². The summed E-state index contributed by atoms with van der Waals surface area (Å²) in [4.78, 5) is 7.20. The highest BCUT2D eigenvalue weighted by Crippen LogP contribution is 2.35. The maximum absolute atomic E-state index is 13.6. The molecule has 3 aromatic carbocycles. The van der Waals surface area contributed by atoms with Crippen molar-refractivity contribution in [2.24, 2.45) is 0 Å². The summed E-state index contributed by atoms with van der Waals surface area (Å²) in [5, 5.41) is 5.13. The van der Waals surface area contributed by atoms with Crippen molar-refractivity contribution in [2.75, 3.05) is 18.0 Å². The number of hydrogen-bond donors (Lipinski definition) is 1. The van der Waals surface area contributed by atoms with Gasteiger partial charge in [0.1, 0.15) is 11.8 Å². The van der Waals surface area contributed by atoms with Gasteiger partial charge in [-0.25, -0.2) is 17.4 Å². The Labute approximate surface area is 168 Å². The van der Waals surface area contributed by atoms with Crippen molar-refractivity contribution in [3.05, 3.63) is 67.0 Å². The molecule has 2 saturated heterocycles. The molecule has 0 saturated carbocycles. The van der Waals surface area contributed by atoms with Crippen molar-refractivity contribution in [3.63, 3.8) is 0 Å². The van der Waals surface area contributed by atoms with E-state index >= 15 is 0 Å². The lowest BCUT2D eigenvalue weighted by molar-refractivity contribution is 0.581. The third-order valence-corrected chi connectivity index (χ3v) is 7.90. The zero-order valence-electron chi connectivity index (χ0n) is 15.7. The molecular weight excluding hydrogens is 384 g/mol. The van der Waals surface area contributed by atoms with E-state index in [0.29, 0.717) is 22.5 Å². The van der Waals surface area contributed by atoms with E-state index in [-0.39, 0.29) is 0 Å². The number of piperazine rings is 1. The Hall–Kier alpha value is -2.90. The lowest BCUT2D eigenvalue weighted by atomic mass is 10.1. The molecule has 6 nitrogen and oxygen atoms in total. The fourth-order valence-corrected chi connectivity index (χ4v) is 6.31. The lowest BCUT2D eigenvalue weighted by Gasteiger charge is -2.29. The number of para-hydroxylation sites is 1. The molecule has 146 valence electrons. The minimum absolute atomic E-state index is 0.296. The summed E-state index contributed by atoms with van der Waals surface area (Å²) < 4.78 is 28.5. The predicted molar refractivity (Wildman–Crippen MR) is 114 cm³/mol. The molecule has 2 atom stereocenters. The van der Waals surface area contributed by atoms with Crippen LogP contribution in [0.5, 0.6) is 0 Å². The van der Waals surface area contributed by atoms with Crippen LogP contribution in [0, 0.1) is 0 Å². The molecule has 4 aromatic rings. The molecule has 2 bridgehead atoms. The van der Waals surface area contributed by atoms with Gasteiger partial charge in [0.05, 0.1) is 16.1 Å². The third-order valence-electron chi connectivity index (χ3n) is 6.18. The second-order valence-electron chi connectivity index (χ2n) is 7.81. The molecule has 0 amide bonds. The highest BCUT2D eigenvalue weighted by Gasteiger charge is 2.38. The molecule has 0 spiro atoms. The number of anilines is 1. The number of hydrogen-bond acceptors (Lipinski definition) is 5. The van der Waals surface area contributed by atoms with Crippen LogP contribution in [0.4, 0.5) is 5.69 Å². The molecule has 7 heteroatoms. The van der Waals surface area contributed by atoms with Crippen molar-refractivity contribution >= 4 is 37.5 Å². The highest BCUT2D eigenvalue weighted by atomic mass is 32.2. The van der Waals surface area contributed by atoms with E-state index in [9.17, 15) is 8.42 Å². The standard InChI is InChI=1S/C22H20N4O2S/c27-29(28,21-10-3-6-15-5-1-2-7-18(15)21)26-14-24-22-19(8-4-9-20(22)26)25-13-16-11-17(25)12-23-16/h1-10,14,16-17,23H,11-13H2/t16-,17-/m0/s1. The Bertz CT molecular complexity index is 1360. The van der Waals surface area contributed by atoms with Gasteiger partial charge in [0.2, 0.25) is 0 Å². The Morgan fingerprint density at radius 2 is 1.83 bits per heavy atom. The Morgan fingerprint density at radius 3 is 2.66 bits per heavy atom. The maximum Gasteiger partial charge on any atom is 0.270 e. The van der Waals surface area contributed by atoms with Crippen molar-refractivity contribution in [3.8, 4) is 0 Å². The van der Waals surface area contributed by atoms with Crippen LogP contribution >= 0.6 is 0 Å². The fourth-order valence-electron chi connectivity index (χ4n) is 4.81. The van der Waals surface area contributed by atoms with Gasteiger partial charge in [0.15, 0.2) is 0 Å². The largest absolute Gasteiger partial charge is 0.364 e. The molecule has 2 fully saturated rings. The van der Waals surface area contributed by atoms with Crippen molar-refractivity contribution < 1.29 is 8.42 Å². The second kappa shape index (κ2) is 6.05. The predicted octanol–water partition coefficient (Wildman–Crippen LogP) is 2.98. The summed E-state index contributed by atoms with van der Waals surface area (Å²) >= 11 is 0. The molecule has 0 radical (unpaired) electrons. The van der Waals surface area contributed by atoms with Gasteiger partial charge in [0.25, 0.3) is 10.0 Å². The van der Waals surface area contributed by atoms with Gasteiger partial charge in [-0.15, -0.1) is 0 Å². The molecule has 3 heterocycles. The fraction of sp³-hybridized carbons (Fsp3) is 0.227. The van der Waals surface area contributed by atoms with Gasteiger partial charge >= 0.3 is 0 Å². The molecule has 6 rings (SSSR count). The van der Waals surface area contributed by atoms with Gasteiger partial charge in [-0.3, -0.25) is 0 Å². The molecule has 2 aliphatic heterocycles. The molecule has 29 heavy (non-hydrogen) atoms. The first-order chi connectivity index (χ1) is 14.1. The van der Waals surface area contributed by atoms with Crippen molar-refractivity contribution in [2.45, 2.75) is 23.4 Å². The lowest BCUT2D eigenvalue weighted by Crippen LogP contribution is -2.43. The van der Waals surface area contributed by atoms with E-state index in [0.717, 1.165) is 41.5 Å². The Morgan fingerprint density at radius 1 is 1.00 bits per heavy atom. The summed E-state index contributed by atoms with van der Waals surface area (Å²) in [6, 6.07) is 19.7. The second-order valence-corrected chi connectivity index (χ2v) is 9.60. The maximum atomic E-state index is 13.6. The van der Waals surface area contributed by atoms with E-state index in [1.54, 1.807) is 12.1 Å². The van der Waals surface area contributed by atoms with E-state index in [2.05, 4.69) is 15.2 Å². The third kappa shape index (κ3) is 2.44. The first kappa shape index (κ1) is 17.0. The number of rotatable bonds is 3. The van der Waals surface area contributed by atoms with E-state index in [1.165, 1.54) is 10.3 Å². The van der Waals surface area contributed by atoms with Crippen LogP contribution < -0.4 is 10.2 Å². The first-order valence-electron chi connectivity index (χ1n) is 9.82. The van der Waals surface area contributed by atoms with E-state index < -0.39 is 10.0 Å². The van der Waals surface area contributed by atoms with Crippen LogP contribution in [0.3, 0.4) is 0 Å². The summed E-state index contributed by atoms with van der Waals surface area (Å²) in [6.45, 7) is 1.91. The van der Waals surface area contributed by atoms with Gasteiger partial charge in [-0.2, -0.15) is 0 Å². The Balaban J connectivity index is 1.52. The SMILES string of the molecule is O=S(=O)(c1cccc2ccccc12)n1cnc2c(N3C[C@@H]4C[C@H]3CN4)cccc21. The summed E-state index contributed by atoms with van der Waals surface area (Å²) in [7, 11) is -3.78. The molecular formula is C22H20N4O2S. The van der Waals surface area contributed by atoms with Crippen molar-refractivity contribution in [1.29, 1.82) is 0 Å². The number of aromatic nitrogens is 2. The van der Waals surface area contributed by atoms with Crippen LogP contribution in [0.25, 0.3) is 21.8 Å². The monoisotopic (exact) mass is 404 g/mol. The zero-order chi connectivity index (χ0) is 19.6. The topological polar surface area (TPSA) is 67.2 Å². The minimum Gasteiger partial charge on any atom is -0.364 e. The molecule has 0 aliphatic carbocycles. The van der Waals surface area contributed by atoms with Crippen LogP contribution in [-0.4, -0.2) is 42.5 Å². The summed E-state index contributed by atoms with van der Waals surface area (Å²) in [6.07, 6.45) is 2.57. The molecule has 2 aliphatic rings. The number of nitrogens with one attached hydrogen (secondary N) is 1. The number of benzene rings is 3. The molecule has 1 aromatic heterocycles. The van der Waals surface area contributed by atoms with Gasteiger partial charge < -0.3 is 10.2 Å². The quantitative estimate of drug-likeness (QED) is 0.569.